The average Bonchev–Trinajstić information content (AvgIpc) is 3.25. The van der Waals surface area contributed by atoms with Gasteiger partial charge in [0.2, 0.25) is 5.95 Å². The Morgan fingerprint density at radius 1 is 1.25 bits per heavy atom. The van der Waals surface area contributed by atoms with Gasteiger partial charge in [0.1, 0.15) is 5.69 Å². The van der Waals surface area contributed by atoms with Crippen molar-refractivity contribution >= 4 is 17.1 Å². The number of nitrogen functional groups attached to an aromatic ring is 1. The van der Waals surface area contributed by atoms with E-state index < -0.39 is 0 Å². The number of nitrogens with two attached hydrogens (primary N) is 1. The molecule has 0 radical (unpaired) electrons. The lowest BCUT2D eigenvalue weighted by atomic mass is 10.2. The molecule has 0 amide bonds. The Balaban J connectivity index is 1.80. The first kappa shape index (κ1) is 14.3. The second-order valence-corrected chi connectivity index (χ2v) is 5.34. The molecule has 0 aliphatic rings. The molecule has 0 atom stereocenters. The third-order valence-electron chi connectivity index (χ3n) is 3.71. The molecule has 0 spiro atoms. The molecule has 8 nitrogen and oxygen atoms in total. The van der Waals surface area contributed by atoms with Crippen molar-refractivity contribution in [1.82, 2.24) is 29.9 Å². The van der Waals surface area contributed by atoms with Crippen molar-refractivity contribution in [2.75, 3.05) is 5.73 Å². The second-order valence-electron chi connectivity index (χ2n) is 5.34. The van der Waals surface area contributed by atoms with Crippen molar-refractivity contribution in [2.45, 2.75) is 19.9 Å². The molecule has 0 aliphatic heterocycles. The molecule has 0 bridgehead atoms. The van der Waals surface area contributed by atoms with Crippen molar-refractivity contribution in [3.63, 3.8) is 0 Å². The van der Waals surface area contributed by atoms with Crippen LogP contribution in [0.4, 0.5) is 5.95 Å². The standard InChI is InChI=1S/C16H15N7O/c1-2-11-8-10(5-6-18-11)9-23-15-14(21-22-23)13(19-16(17)20-15)12-4-3-7-24-12/h3-8H,2,9H2,1H3,(H2,17,19,20). The Morgan fingerprint density at radius 3 is 2.96 bits per heavy atom. The molecule has 24 heavy (non-hydrogen) atoms. The van der Waals surface area contributed by atoms with E-state index >= 15 is 0 Å². The fourth-order valence-electron chi connectivity index (χ4n) is 2.56. The molecule has 0 unspecified atom stereocenters. The van der Waals surface area contributed by atoms with Crippen molar-refractivity contribution in [2.24, 2.45) is 0 Å². The number of furan rings is 1. The number of aryl methyl sites for hydroxylation is 1. The van der Waals surface area contributed by atoms with Gasteiger partial charge >= 0.3 is 0 Å². The van der Waals surface area contributed by atoms with Crippen molar-refractivity contribution in [1.29, 1.82) is 0 Å². The summed E-state index contributed by atoms with van der Waals surface area (Å²) >= 11 is 0. The summed E-state index contributed by atoms with van der Waals surface area (Å²) < 4.78 is 7.11. The van der Waals surface area contributed by atoms with E-state index in [-0.39, 0.29) is 5.95 Å². The van der Waals surface area contributed by atoms with Gasteiger partial charge in [0.15, 0.2) is 16.9 Å². The fourth-order valence-corrected chi connectivity index (χ4v) is 2.56. The Labute approximate surface area is 137 Å². The zero-order valence-electron chi connectivity index (χ0n) is 13.0. The lowest BCUT2D eigenvalue weighted by molar-refractivity contribution is 0.580. The van der Waals surface area contributed by atoms with Crippen LogP contribution in [-0.2, 0) is 13.0 Å². The summed E-state index contributed by atoms with van der Waals surface area (Å²) in [6.07, 6.45) is 4.25. The van der Waals surface area contributed by atoms with E-state index in [1.165, 1.54) is 0 Å². The van der Waals surface area contributed by atoms with Crippen LogP contribution >= 0.6 is 0 Å². The van der Waals surface area contributed by atoms with Crippen molar-refractivity contribution in [3.05, 3.63) is 48.0 Å². The highest BCUT2D eigenvalue weighted by Crippen LogP contribution is 2.25. The first-order valence-electron chi connectivity index (χ1n) is 7.59. The molecule has 120 valence electrons. The molecule has 0 saturated heterocycles. The van der Waals surface area contributed by atoms with Gasteiger partial charge in [-0.15, -0.1) is 5.10 Å². The van der Waals surface area contributed by atoms with E-state index in [9.17, 15) is 0 Å². The normalized spacial score (nSPS) is 11.2. The number of aromatic nitrogens is 6. The summed E-state index contributed by atoms with van der Waals surface area (Å²) in [6, 6.07) is 7.58. The molecular formula is C16H15N7O. The minimum absolute atomic E-state index is 0.154. The minimum Gasteiger partial charge on any atom is -0.463 e. The Kier molecular flexibility index (Phi) is 3.42. The Morgan fingerprint density at radius 2 is 2.17 bits per heavy atom. The van der Waals surface area contributed by atoms with Gasteiger partial charge in [0.05, 0.1) is 12.8 Å². The summed E-state index contributed by atoms with van der Waals surface area (Å²) in [5, 5.41) is 8.42. The predicted molar refractivity (Wildman–Crippen MR) is 87.9 cm³/mol. The first-order chi connectivity index (χ1) is 11.7. The SMILES string of the molecule is CCc1cc(Cn2nnc3c(-c4ccco4)nc(N)nc32)ccn1. The summed E-state index contributed by atoms with van der Waals surface area (Å²) in [7, 11) is 0. The quantitative estimate of drug-likeness (QED) is 0.613. The van der Waals surface area contributed by atoms with E-state index in [4.69, 9.17) is 10.2 Å². The lowest BCUT2D eigenvalue weighted by Gasteiger charge is -2.05. The molecule has 2 N–H and O–H groups in total. The summed E-state index contributed by atoms with van der Waals surface area (Å²) in [5.41, 5.74) is 9.63. The van der Waals surface area contributed by atoms with Crippen LogP contribution in [0.25, 0.3) is 22.6 Å². The largest absolute Gasteiger partial charge is 0.463 e. The highest BCUT2D eigenvalue weighted by atomic mass is 16.3. The molecule has 0 fully saturated rings. The van der Waals surface area contributed by atoms with Gasteiger partial charge in [-0.25, -0.2) is 9.67 Å². The van der Waals surface area contributed by atoms with Crippen LogP contribution in [0.15, 0.2) is 41.1 Å². The van der Waals surface area contributed by atoms with Gasteiger partial charge in [-0.1, -0.05) is 12.1 Å². The van der Waals surface area contributed by atoms with Crippen LogP contribution in [-0.4, -0.2) is 29.9 Å². The maximum atomic E-state index is 5.86. The number of nitrogens with zero attached hydrogens (tertiary/aromatic N) is 6. The maximum Gasteiger partial charge on any atom is 0.222 e. The Hall–Kier alpha value is -3.29. The molecule has 4 heterocycles. The zero-order valence-corrected chi connectivity index (χ0v) is 13.0. The van der Waals surface area contributed by atoms with E-state index in [0.717, 1.165) is 17.7 Å². The van der Waals surface area contributed by atoms with Gasteiger partial charge < -0.3 is 10.2 Å². The predicted octanol–water partition coefficient (Wildman–Crippen LogP) is 2.07. The third-order valence-corrected chi connectivity index (χ3v) is 3.71. The van der Waals surface area contributed by atoms with E-state index in [0.29, 0.717) is 29.2 Å². The summed E-state index contributed by atoms with van der Waals surface area (Å²) in [4.78, 5) is 12.8. The number of rotatable bonds is 4. The van der Waals surface area contributed by atoms with E-state index in [1.54, 1.807) is 29.3 Å². The van der Waals surface area contributed by atoms with Crippen LogP contribution in [0.1, 0.15) is 18.2 Å². The smallest absolute Gasteiger partial charge is 0.222 e. The van der Waals surface area contributed by atoms with Gasteiger partial charge in [-0.3, -0.25) is 4.98 Å². The average molecular weight is 321 g/mol. The molecule has 4 rings (SSSR count). The van der Waals surface area contributed by atoms with Crippen molar-refractivity contribution in [3.8, 4) is 11.5 Å². The molecule has 0 aliphatic carbocycles. The molecular weight excluding hydrogens is 306 g/mol. The maximum absolute atomic E-state index is 5.86. The van der Waals surface area contributed by atoms with E-state index in [1.807, 2.05) is 12.1 Å². The van der Waals surface area contributed by atoms with Crippen LogP contribution in [0, 0.1) is 0 Å². The minimum atomic E-state index is 0.154. The highest BCUT2D eigenvalue weighted by Gasteiger charge is 2.17. The molecule has 0 saturated carbocycles. The second kappa shape index (κ2) is 5.73. The number of fused-ring (bicyclic) bond motifs is 1. The molecule has 4 aromatic rings. The highest BCUT2D eigenvalue weighted by molar-refractivity contribution is 5.85. The van der Waals surface area contributed by atoms with Crippen molar-refractivity contribution < 1.29 is 4.42 Å². The third kappa shape index (κ3) is 2.47. The molecule has 0 aromatic carbocycles. The monoisotopic (exact) mass is 321 g/mol. The Bertz CT molecular complexity index is 991. The zero-order chi connectivity index (χ0) is 16.5. The molecule has 4 aromatic heterocycles. The first-order valence-corrected chi connectivity index (χ1v) is 7.59. The van der Waals surface area contributed by atoms with Crippen LogP contribution in [0.5, 0.6) is 0 Å². The van der Waals surface area contributed by atoms with E-state index in [2.05, 4.69) is 32.2 Å². The van der Waals surface area contributed by atoms with Gasteiger partial charge in [0, 0.05) is 11.9 Å². The fraction of sp³-hybridized carbons (Fsp3) is 0.188. The number of hydrogen-bond acceptors (Lipinski definition) is 7. The number of hydrogen-bond donors (Lipinski definition) is 1. The lowest BCUT2D eigenvalue weighted by Crippen LogP contribution is -2.05. The topological polar surface area (TPSA) is 109 Å². The molecule has 8 heteroatoms. The van der Waals surface area contributed by atoms with Crippen LogP contribution < -0.4 is 5.73 Å². The van der Waals surface area contributed by atoms with Gasteiger partial charge in [-0.2, -0.15) is 4.98 Å². The number of pyridine rings is 1. The van der Waals surface area contributed by atoms with Gasteiger partial charge in [0.25, 0.3) is 0 Å². The van der Waals surface area contributed by atoms with Crippen LogP contribution in [0.3, 0.4) is 0 Å². The number of anilines is 1. The van der Waals surface area contributed by atoms with Gasteiger partial charge in [-0.05, 0) is 36.2 Å². The van der Waals surface area contributed by atoms with Crippen LogP contribution in [0.2, 0.25) is 0 Å². The summed E-state index contributed by atoms with van der Waals surface area (Å²) in [6.45, 7) is 2.60. The summed E-state index contributed by atoms with van der Waals surface area (Å²) in [5.74, 6) is 0.736.